The molecule has 1 N–H and O–H groups in total. The van der Waals surface area contributed by atoms with E-state index in [1.165, 1.54) is 30.3 Å². The number of benzene rings is 1. The Morgan fingerprint density at radius 3 is 2.59 bits per heavy atom. The van der Waals surface area contributed by atoms with Gasteiger partial charge in [0.05, 0.1) is 19.2 Å². The molecule has 0 unspecified atom stereocenters. The number of likely N-dealkylation sites (N-methyl/N-ethyl adjacent to an activating group) is 1. The minimum absolute atomic E-state index is 0.0282. The lowest BCUT2D eigenvalue weighted by atomic mass is 10.1. The molecule has 2 aromatic rings. The van der Waals surface area contributed by atoms with Crippen LogP contribution in [-0.4, -0.2) is 55.2 Å². The average molecular weight is 420 g/mol. The van der Waals surface area contributed by atoms with Crippen molar-refractivity contribution in [2.45, 2.75) is 12.8 Å². The van der Waals surface area contributed by atoms with Gasteiger partial charge in [-0.2, -0.15) is 0 Å². The van der Waals surface area contributed by atoms with Gasteiger partial charge in [0.1, 0.15) is 12.4 Å². The van der Waals surface area contributed by atoms with Gasteiger partial charge in [0.15, 0.2) is 0 Å². The molecule has 0 fully saturated rings. The predicted octanol–water partition coefficient (Wildman–Crippen LogP) is 3.16. The number of hydrogen-bond acceptors (Lipinski definition) is 6. The number of nitrogens with one attached hydrogen (secondary N) is 1. The van der Waals surface area contributed by atoms with Gasteiger partial charge < -0.3 is 14.4 Å². The molecule has 0 aliphatic carbocycles. The molecule has 154 valence electrons. The molecule has 0 bridgehead atoms. The molecule has 0 aliphatic rings. The van der Waals surface area contributed by atoms with Gasteiger partial charge >= 0.3 is 12.1 Å². The van der Waals surface area contributed by atoms with Gasteiger partial charge in [0.2, 0.25) is 5.91 Å². The number of anilines is 1. The van der Waals surface area contributed by atoms with Gasteiger partial charge in [-0.05, 0) is 30.2 Å². The first-order chi connectivity index (χ1) is 13.9. The van der Waals surface area contributed by atoms with Gasteiger partial charge in [-0.15, -0.1) is 0 Å². The first-order valence-corrected chi connectivity index (χ1v) is 9.24. The van der Waals surface area contributed by atoms with E-state index in [-0.39, 0.29) is 30.4 Å². The lowest BCUT2D eigenvalue weighted by Gasteiger charge is -2.17. The molecule has 2 amide bonds. The Labute approximate surface area is 173 Å². The Morgan fingerprint density at radius 1 is 1.17 bits per heavy atom. The summed E-state index contributed by atoms with van der Waals surface area (Å²) in [5.41, 5.74) is 1.18. The highest BCUT2D eigenvalue weighted by Crippen LogP contribution is 2.16. The number of carbonyl (C=O) groups is 3. The van der Waals surface area contributed by atoms with E-state index in [0.717, 1.165) is 5.56 Å². The monoisotopic (exact) mass is 419 g/mol. The van der Waals surface area contributed by atoms with Crippen molar-refractivity contribution in [2.75, 3.05) is 32.6 Å². The second-order valence-electron chi connectivity index (χ2n) is 6.09. The van der Waals surface area contributed by atoms with Crippen LogP contribution in [0.3, 0.4) is 0 Å². The number of esters is 1. The van der Waals surface area contributed by atoms with Crippen molar-refractivity contribution < 1.29 is 23.9 Å². The highest BCUT2D eigenvalue weighted by atomic mass is 35.5. The van der Waals surface area contributed by atoms with E-state index in [1.807, 2.05) is 18.2 Å². The number of pyridine rings is 1. The summed E-state index contributed by atoms with van der Waals surface area (Å²) in [6.45, 7) is 0.282. The quantitative estimate of drug-likeness (QED) is 0.660. The number of hydrogen-bond donors (Lipinski definition) is 1. The van der Waals surface area contributed by atoms with Crippen molar-refractivity contribution >= 4 is 35.4 Å². The van der Waals surface area contributed by atoms with E-state index < -0.39 is 12.1 Å². The molecule has 0 radical (unpaired) electrons. The molecule has 1 aromatic carbocycles. The minimum Gasteiger partial charge on any atom is -0.465 e. The first-order valence-electron chi connectivity index (χ1n) is 8.86. The van der Waals surface area contributed by atoms with Crippen LogP contribution in [0.25, 0.3) is 0 Å². The number of aromatic nitrogens is 1. The zero-order chi connectivity index (χ0) is 21.2. The summed E-state index contributed by atoms with van der Waals surface area (Å²) in [5, 5.41) is 3.07. The van der Waals surface area contributed by atoms with Crippen LogP contribution in [0.5, 0.6) is 0 Å². The van der Waals surface area contributed by atoms with E-state index >= 15 is 0 Å². The van der Waals surface area contributed by atoms with Crippen LogP contribution < -0.4 is 5.32 Å². The van der Waals surface area contributed by atoms with Gasteiger partial charge in [-0.1, -0.05) is 29.8 Å². The molecule has 1 heterocycles. The Hall–Kier alpha value is -3.13. The molecule has 0 saturated heterocycles. The van der Waals surface area contributed by atoms with Gasteiger partial charge in [0, 0.05) is 24.7 Å². The highest BCUT2D eigenvalue weighted by molar-refractivity contribution is 6.31. The van der Waals surface area contributed by atoms with Crippen molar-refractivity contribution in [3.05, 3.63) is 58.7 Å². The van der Waals surface area contributed by atoms with E-state index in [4.69, 9.17) is 16.3 Å². The number of carbonyl (C=O) groups excluding carboxylic acids is 3. The topological polar surface area (TPSA) is 97.8 Å². The maximum Gasteiger partial charge on any atom is 0.412 e. The molecule has 0 aliphatic heterocycles. The standard InChI is InChI=1S/C20H22ClN3O5/c1-24(18(25)10-8-14-5-3-4-6-16(14)21)11-12-29-20(27)23-17-9-7-15(13-22-17)19(26)28-2/h3-7,9,13H,8,10-12H2,1-2H3,(H,22,23,27). The zero-order valence-corrected chi connectivity index (χ0v) is 16.9. The molecule has 0 spiro atoms. The Kier molecular flexibility index (Phi) is 8.42. The summed E-state index contributed by atoms with van der Waals surface area (Å²) in [6.07, 6.45) is 1.42. The van der Waals surface area contributed by atoms with Gasteiger partial charge in [0.25, 0.3) is 0 Å². The number of ether oxygens (including phenoxy) is 2. The third-order valence-corrected chi connectivity index (χ3v) is 4.44. The van der Waals surface area contributed by atoms with Crippen LogP contribution in [0, 0.1) is 0 Å². The van der Waals surface area contributed by atoms with E-state index in [9.17, 15) is 14.4 Å². The zero-order valence-electron chi connectivity index (χ0n) is 16.2. The van der Waals surface area contributed by atoms with E-state index in [2.05, 4.69) is 15.0 Å². The molecular formula is C20H22ClN3O5. The molecule has 0 atom stereocenters. The third kappa shape index (κ3) is 7.08. The maximum absolute atomic E-state index is 12.2. The van der Waals surface area contributed by atoms with Crippen molar-refractivity contribution in [1.29, 1.82) is 0 Å². The number of nitrogens with zero attached hydrogens (tertiary/aromatic N) is 2. The SMILES string of the molecule is COC(=O)c1ccc(NC(=O)OCCN(C)C(=O)CCc2ccccc2Cl)nc1. The van der Waals surface area contributed by atoms with Crippen molar-refractivity contribution in [2.24, 2.45) is 0 Å². The Bertz CT molecular complexity index is 857. The number of amides is 2. The molecule has 9 heteroatoms. The Morgan fingerprint density at radius 2 is 1.93 bits per heavy atom. The smallest absolute Gasteiger partial charge is 0.412 e. The summed E-state index contributed by atoms with van der Waals surface area (Å²) in [5.74, 6) is -0.366. The summed E-state index contributed by atoms with van der Waals surface area (Å²) >= 11 is 6.09. The summed E-state index contributed by atoms with van der Waals surface area (Å²) in [4.78, 5) is 40.8. The second-order valence-corrected chi connectivity index (χ2v) is 6.50. The van der Waals surface area contributed by atoms with Crippen LogP contribution in [0.1, 0.15) is 22.3 Å². The van der Waals surface area contributed by atoms with Crippen LogP contribution in [0.2, 0.25) is 5.02 Å². The van der Waals surface area contributed by atoms with Gasteiger partial charge in [-0.3, -0.25) is 10.1 Å². The fourth-order valence-corrected chi connectivity index (χ4v) is 2.61. The molecule has 8 nitrogen and oxygen atoms in total. The predicted molar refractivity (Wildman–Crippen MR) is 108 cm³/mol. The lowest BCUT2D eigenvalue weighted by molar-refractivity contribution is -0.130. The van der Waals surface area contributed by atoms with Crippen molar-refractivity contribution in [3.8, 4) is 0 Å². The van der Waals surface area contributed by atoms with Crippen LogP contribution in [-0.2, 0) is 20.7 Å². The van der Waals surface area contributed by atoms with Crippen LogP contribution in [0.4, 0.5) is 10.6 Å². The van der Waals surface area contributed by atoms with Gasteiger partial charge in [-0.25, -0.2) is 14.6 Å². The number of halogens is 1. The van der Waals surface area contributed by atoms with Crippen LogP contribution >= 0.6 is 11.6 Å². The summed E-state index contributed by atoms with van der Waals surface area (Å²) < 4.78 is 9.62. The first kappa shape index (κ1) is 22.2. The van der Waals surface area contributed by atoms with E-state index in [1.54, 1.807) is 13.1 Å². The largest absolute Gasteiger partial charge is 0.465 e. The maximum atomic E-state index is 12.2. The van der Waals surface area contributed by atoms with Crippen molar-refractivity contribution in [1.82, 2.24) is 9.88 Å². The molecule has 29 heavy (non-hydrogen) atoms. The molecule has 1 aromatic heterocycles. The summed E-state index contributed by atoms with van der Waals surface area (Å²) in [7, 11) is 2.91. The minimum atomic E-state index is -0.708. The second kappa shape index (κ2) is 11.0. The lowest BCUT2D eigenvalue weighted by Crippen LogP contribution is -2.31. The number of rotatable bonds is 8. The van der Waals surface area contributed by atoms with Crippen molar-refractivity contribution in [3.63, 3.8) is 0 Å². The number of aryl methyl sites for hydroxylation is 1. The molecular weight excluding hydrogens is 398 g/mol. The third-order valence-electron chi connectivity index (χ3n) is 4.07. The summed E-state index contributed by atoms with van der Waals surface area (Å²) in [6, 6.07) is 10.3. The highest BCUT2D eigenvalue weighted by Gasteiger charge is 2.12. The fraction of sp³-hybridized carbons (Fsp3) is 0.300. The average Bonchev–Trinajstić information content (AvgIpc) is 2.72. The normalized spacial score (nSPS) is 10.2. The van der Waals surface area contributed by atoms with Crippen LogP contribution in [0.15, 0.2) is 42.6 Å². The fourth-order valence-electron chi connectivity index (χ4n) is 2.38. The Balaban J connectivity index is 1.70. The molecule has 0 saturated carbocycles. The van der Waals surface area contributed by atoms with E-state index in [0.29, 0.717) is 17.9 Å². The molecule has 2 rings (SSSR count). The number of methoxy groups -OCH3 is 1.